The molecule has 0 spiro atoms. The third-order valence-corrected chi connectivity index (χ3v) is 2.05. The van der Waals surface area contributed by atoms with Crippen LogP contribution in [0.5, 0.6) is 0 Å². The number of tetrazole rings is 1. The third kappa shape index (κ3) is 3.02. The van der Waals surface area contributed by atoms with E-state index >= 15 is 0 Å². The zero-order valence-electron chi connectivity index (χ0n) is 7.52. The van der Waals surface area contributed by atoms with Gasteiger partial charge >= 0.3 is 0 Å². The normalized spacial score (nSPS) is 10.0. The lowest BCUT2D eigenvalue weighted by molar-refractivity contribution is 0.586. The lowest BCUT2D eigenvalue weighted by atomic mass is 10.3. The van der Waals surface area contributed by atoms with Crippen molar-refractivity contribution in [1.29, 1.82) is 5.41 Å². The number of hydrogen-bond acceptors (Lipinski definition) is 6. The molecule has 13 heavy (non-hydrogen) atoms. The maximum Gasteiger partial charge on any atom is 0.248 e. The minimum atomic E-state index is 0.246. The van der Waals surface area contributed by atoms with E-state index in [-0.39, 0.29) is 5.90 Å². The quantitative estimate of drug-likeness (QED) is 0.447. The number of rotatable bonds is 4. The zero-order valence-corrected chi connectivity index (χ0v) is 8.34. The Hall–Kier alpha value is -1.11. The average Bonchev–Trinajstić information content (AvgIpc) is 2.48. The molecule has 72 valence electrons. The van der Waals surface area contributed by atoms with Crippen LogP contribution >= 0.6 is 12.0 Å². The van der Waals surface area contributed by atoms with E-state index in [9.17, 15) is 0 Å². The van der Waals surface area contributed by atoms with Gasteiger partial charge in [-0.05, 0) is 16.8 Å². The summed E-state index contributed by atoms with van der Waals surface area (Å²) in [7, 11) is 1.72. The Labute approximate surface area is 80.4 Å². The molecule has 1 heterocycles. The van der Waals surface area contributed by atoms with Crippen molar-refractivity contribution in [3.8, 4) is 0 Å². The number of aromatic nitrogens is 4. The predicted molar refractivity (Wildman–Crippen MR) is 48.4 cm³/mol. The van der Waals surface area contributed by atoms with Crippen LogP contribution < -0.4 is 0 Å². The molecule has 0 bridgehead atoms. The fourth-order valence-corrected chi connectivity index (χ4v) is 1.12. The summed E-state index contributed by atoms with van der Waals surface area (Å²) >= 11 is 1.00. The van der Waals surface area contributed by atoms with Gasteiger partial charge in [0.05, 0.1) is 0 Å². The highest BCUT2D eigenvalue weighted by Crippen LogP contribution is 2.14. The van der Waals surface area contributed by atoms with Crippen molar-refractivity contribution in [2.75, 3.05) is 0 Å². The standard InChI is InChI=1S/C6H11N5OS/c1-3-4-5(7)12-13-6-8-9-10-11(6)2/h7H,3-4H2,1-2H3. The Morgan fingerprint density at radius 3 is 3.00 bits per heavy atom. The van der Waals surface area contributed by atoms with Crippen LogP contribution in [0.3, 0.4) is 0 Å². The van der Waals surface area contributed by atoms with Crippen molar-refractivity contribution in [1.82, 2.24) is 20.2 Å². The van der Waals surface area contributed by atoms with E-state index in [0.717, 1.165) is 18.5 Å². The largest absolute Gasteiger partial charge is 0.403 e. The number of aryl methyl sites for hydroxylation is 1. The second-order valence-corrected chi connectivity index (χ2v) is 3.12. The van der Waals surface area contributed by atoms with Gasteiger partial charge < -0.3 is 4.18 Å². The van der Waals surface area contributed by atoms with Crippen molar-refractivity contribution in [3.63, 3.8) is 0 Å². The molecule has 0 atom stereocenters. The molecule has 0 aromatic carbocycles. The molecule has 7 heteroatoms. The Morgan fingerprint density at radius 2 is 2.46 bits per heavy atom. The van der Waals surface area contributed by atoms with Gasteiger partial charge in [-0.25, -0.2) is 4.68 Å². The average molecular weight is 201 g/mol. The molecule has 0 saturated carbocycles. The van der Waals surface area contributed by atoms with Crippen molar-refractivity contribution in [3.05, 3.63) is 0 Å². The van der Waals surface area contributed by atoms with Gasteiger partial charge in [-0.2, -0.15) is 0 Å². The first-order chi connectivity index (χ1) is 6.24. The van der Waals surface area contributed by atoms with Gasteiger partial charge in [0.15, 0.2) is 5.90 Å². The third-order valence-electron chi connectivity index (χ3n) is 1.28. The van der Waals surface area contributed by atoms with Crippen LogP contribution in [0.1, 0.15) is 19.8 Å². The summed E-state index contributed by atoms with van der Waals surface area (Å²) in [4.78, 5) is 0. The smallest absolute Gasteiger partial charge is 0.248 e. The van der Waals surface area contributed by atoms with Crippen molar-refractivity contribution in [2.24, 2.45) is 7.05 Å². The Morgan fingerprint density at radius 1 is 1.69 bits per heavy atom. The fourth-order valence-electron chi connectivity index (χ4n) is 0.648. The molecule has 1 aromatic heterocycles. The molecule has 0 unspecified atom stereocenters. The molecular weight excluding hydrogens is 190 g/mol. The van der Waals surface area contributed by atoms with Crippen LogP contribution in [-0.4, -0.2) is 26.1 Å². The number of nitrogens with zero attached hydrogens (tertiary/aromatic N) is 4. The Bertz CT molecular complexity index is 286. The van der Waals surface area contributed by atoms with Crippen LogP contribution in [0.15, 0.2) is 5.16 Å². The van der Waals surface area contributed by atoms with Gasteiger partial charge in [-0.15, -0.1) is 0 Å². The Balaban J connectivity index is 2.35. The zero-order chi connectivity index (χ0) is 9.68. The second-order valence-electron chi connectivity index (χ2n) is 2.42. The first kappa shape index (κ1) is 9.97. The van der Waals surface area contributed by atoms with E-state index in [4.69, 9.17) is 9.59 Å². The lowest BCUT2D eigenvalue weighted by Crippen LogP contribution is -1.99. The van der Waals surface area contributed by atoms with Crippen LogP contribution in [0.2, 0.25) is 0 Å². The molecule has 0 aliphatic rings. The molecule has 1 rings (SSSR count). The summed E-state index contributed by atoms with van der Waals surface area (Å²) in [5, 5.41) is 18.6. The molecule has 6 nitrogen and oxygen atoms in total. The molecule has 0 aliphatic heterocycles. The van der Waals surface area contributed by atoms with E-state index in [1.165, 1.54) is 4.68 Å². The first-order valence-corrected chi connectivity index (χ1v) is 4.62. The SMILES string of the molecule is CCCC(=N)OSc1nnnn1C. The second kappa shape index (κ2) is 4.80. The van der Waals surface area contributed by atoms with Crippen LogP contribution in [0, 0.1) is 5.41 Å². The first-order valence-electron chi connectivity index (χ1n) is 3.88. The predicted octanol–water partition coefficient (Wildman–Crippen LogP) is 1.01. The summed E-state index contributed by atoms with van der Waals surface area (Å²) in [5.74, 6) is 0.246. The maximum atomic E-state index is 7.34. The van der Waals surface area contributed by atoms with E-state index in [1.54, 1.807) is 7.05 Å². The molecular formula is C6H11N5OS. The van der Waals surface area contributed by atoms with Gasteiger partial charge in [0, 0.05) is 13.5 Å². The van der Waals surface area contributed by atoms with Crippen LogP contribution in [0.4, 0.5) is 0 Å². The van der Waals surface area contributed by atoms with E-state index in [2.05, 4.69) is 15.5 Å². The van der Waals surface area contributed by atoms with Crippen LogP contribution in [0.25, 0.3) is 0 Å². The summed E-state index contributed by atoms with van der Waals surface area (Å²) in [5.41, 5.74) is 0. The van der Waals surface area contributed by atoms with E-state index in [0.29, 0.717) is 11.6 Å². The summed E-state index contributed by atoms with van der Waals surface area (Å²) < 4.78 is 6.53. The summed E-state index contributed by atoms with van der Waals surface area (Å²) in [6.45, 7) is 1.99. The fraction of sp³-hybridized carbons (Fsp3) is 0.667. The molecule has 1 aromatic rings. The Kier molecular flexibility index (Phi) is 3.69. The molecule has 0 fully saturated rings. The van der Waals surface area contributed by atoms with Gasteiger partial charge in [0.1, 0.15) is 12.0 Å². The van der Waals surface area contributed by atoms with E-state index < -0.39 is 0 Å². The van der Waals surface area contributed by atoms with Crippen molar-refractivity contribution < 1.29 is 4.18 Å². The molecule has 0 aliphatic carbocycles. The summed E-state index contributed by atoms with van der Waals surface area (Å²) in [6, 6.07) is 0. The minimum absolute atomic E-state index is 0.246. The molecule has 0 saturated heterocycles. The van der Waals surface area contributed by atoms with Crippen LogP contribution in [-0.2, 0) is 11.2 Å². The molecule has 1 N–H and O–H groups in total. The van der Waals surface area contributed by atoms with Crippen molar-refractivity contribution in [2.45, 2.75) is 24.9 Å². The highest BCUT2D eigenvalue weighted by Gasteiger charge is 2.05. The molecule has 0 radical (unpaired) electrons. The maximum absolute atomic E-state index is 7.34. The highest BCUT2D eigenvalue weighted by atomic mass is 32.2. The lowest BCUT2D eigenvalue weighted by Gasteiger charge is -2.01. The number of hydrogen-bond donors (Lipinski definition) is 1. The van der Waals surface area contributed by atoms with Gasteiger partial charge in [0.25, 0.3) is 0 Å². The summed E-state index contributed by atoms with van der Waals surface area (Å²) in [6.07, 6.45) is 1.54. The van der Waals surface area contributed by atoms with Crippen molar-refractivity contribution >= 4 is 17.9 Å². The highest BCUT2D eigenvalue weighted by molar-refractivity contribution is 7.94. The van der Waals surface area contributed by atoms with Gasteiger partial charge in [-0.3, -0.25) is 5.41 Å². The number of nitrogens with one attached hydrogen (secondary N) is 1. The van der Waals surface area contributed by atoms with Gasteiger partial charge in [-0.1, -0.05) is 12.0 Å². The van der Waals surface area contributed by atoms with E-state index in [1.807, 2.05) is 6.92 Å². The minimum Gasteiger partial charge on any atom is -0.403 e. The van der Waals surface area contributed by atoms with Gasteiger partial charge in [0.2, 0.25) is 5.16 Å². The monoisotopic (exact) mass is 201 g/mol. The molecule has 0 amide bonds. The topological polar surface area (TPSA) is 76.7 Å².